The van der Waals surface area contributed by atoms with Crippen molar-refractivity contribution in [3.63, 3.8) is 0 Å². The van der Waals surface area contributed by atoms with Gasteiger partial charge in [0.05, 0.1) is 19.9 Å². The monoisotopic (exact) mass is 361 g/mol. The zero-order valence-corrected chi connectivity index (χ0v) is 15.3. The maximum atomic E-state index is 5.36. The van der Waals surface area contributed by atoms with Crippen molar-refractivity contribution in [2.75, 3.05) is 14.2 Å². The molecular weight excluding hydrogens is 342 g/mol. The number of ether oxygens (including phenoxy) is 2. The van der Waals surface area contributed by atoms with Gasteiger partial charge in [0.25, 0.3) is 0 Å². The van der Waals surface area contributed by atoms with Crippen molar-refractivity contribution in [1.82, 2.24) is 24.1 Å². The van der Waals surface area contributed by atoms with Crippen LogP contribution in [0.15, 0.2) is 48.7 Å². The fourth-order valence-corrected chi connectivity index (χ4v) is 2.85. The number of nitrogens with zero attached hydrogens (tertiary/aromatic N) is 5. The number of aromatic nitrogens is 5. The average Bonchev–Trinajstić information content (AvgIpc) is 3.30. The molecule has 3 aromatic heterocycles. The first kappa shape index (κ1) is 16.8. The standard InChI is InChI=1S/C20H19N5O2/c1-24-13-15(14-7-5-4-6-8-14)21-18(24)11-10-17-22-20-16(26-2)9-12-19(27-3)25(20)23-17/h4-13H,1-3H3/b11-10+. The summed E-state index contributed by atoms with van der Waals surface area (Å²) in [6.45, 7) is 0. The Balaban J connectivity index is 1.68. The summed E-state index contributed by atoms with van der Waals surface area (Å²) in [7, 11) is 5.16. The van der Waals surface area contributed by atoms with Crippen LogP contribution in [0.25, 0.3) is 29.1 Å². The molecule has 0 unspecified atom stereocenters. The van der Waals surface area contributed by atoms with Gasteiger partial charge in [-0.2, -0.15) is 4.52 Å². The Kier molecular flexibility index (Phi) is 4.33. The Morgan fingerprint density at radius 1 is 0.926 bits per heavy atom. The quantitative estimate of drug-likeness (QED) is 0.545. The molecule has 0 radical (unpaired) electrons. The first-order valence-electron chi connectivity index (χ1n) is 8.44. The molecule has 0 fully saturated rings. The zero-order chi connectivity index (χ0) is 18.8. The smallest absolute Gasteiger partial charge is 0.216 e. The van der Waals surface area contributed by atoms with Crippen LogP contribution in [0.2, 0.25) is 0 Å². The number of imidazole rings is 1. The third-order valence-electron chi connectivity index (χ3n) is 4.22. The summed E-state index contributed by atoms with van der Waals surface area (Å²) in [6.07, 6.45) is 5.71. The molecule has 136 valence electrons. The molecule has 3 heterocycles. The molecule has 0 atom stereocenters. The minimum atomic E-state index is 0.544. The number of rotatable bonds is 5. The topological polar surface area (TPSA) is 66.5 Å². The Labute approximate surface area is 156 Å². The molecule has 0 aliphatic rings. The molecular formula is C20H19N5O2. The summed E-state index contributed by atoms with van der Waals surface area (Å²) in [5.74, 6) is 2.57. The molecule has 1 aromatic carbocycles. The van der Waals surface area contributed by atoms with Crippen LogP contribution < -0.4 is 9.47 Å². The molecule has 7 nitrogen and oxygen atoms in total. The maximum Gasteiger partial charge on any atom is 0.216 e. The van der Waals surface area contributed by atoms with Crippen molar-refractivity contribution in [3.05, 3.63) is 60.3 Å². The van der Waals surface area contributed by atoms with Crippen LogP contribution in [0.5, 0.6) is 11.6 Å². The second-order valence-electron chi connectivity index (χ2n) is 5.94. The molecule has 0 N–H and O–H groups in total. The van der Waals surface area contributed by atoms with Gasteiger partial charge in [-0.1, -0.05) is 30.3 Å². The highest BCUT2D eigenvalue weighted by Crippen LogP contribution is 2.24. The van der Waals surface area contributed by atoms with Gasteiger partial charge in [0.2, 0.25) is 11.5 Å². The highest BCUT2D eigenvalue weighted by Gasteiger charge is 2.12. The van der Waals surface area contributed by atoms with E-state index in [9.17, 15) is 0 Å². The van der Waals surface area contributed by atoms with Crippen LogP contribution in [-0.2, 0) is 7.05 Å². The van der Waals surface area contributed by atoms with Gasteiger partial charge in [0, 0.05) is 24.9 Å². The van der Waals surface area contributed by atoms with Gasteiger partial charge in [-0.05, 0) is 18.2 Å². The number of methoxy groups -OCH3 is 2. The van der Waals surface area contributed by atoms with Crippen LogP contribution in [-0.4, -0.2) is 38.4 Å². The Morgan fingerprint density at radius 2 is 1.74 bits per heavy atom. The summed E-state index contributed by atoms with van der Waals surface area (Å²) in [5, 5.41) is 4.48. The predicted octanol–water partition coefficient (Wildman–Crippen LogP) is 3.32. The number of aryl methyl sites for hydroxylation is 1. The molecule has 4 aromatic rings. The first-order valence-corrected chi connectivity index (χ1v) is 8.44. The Hall–Kier alpha value is -3.61. The van der Waals surface area contributed by atoms with Gasteiger partial charge in [-0.15, -0.1) is 5.10 Å². The van der Waals surface area contributed by atoms with Gasteiger partial charge in [-0.25, -0.2) is 9.97 Å². The number of pyridine rings is 1. The summed E-state index contributed by atoms with van der Waals surface area (Å²) >= 11 is 0. The van der Waals surface area contributed by atoms with E-state index in [1.165, 1.54) is 0 Å². The fourth-order valence-electron chi connectivity index (χ4n) is 2.85. The van der Waals surface area contributed by atoms with Crippen molar-refractivity contribution >= 4 is 17.8 Å². The molecule has 0 amide bonds. The zero-order valence-electron chi connectivity index (χ0n) is 15.3. The first-order chi connectivity index (χ1) is 13.2. The average molecular weight is 361 g/mol. The van der Waals surface area contributed by atoms with Gasteiger partial charge < -0.3 is 14.0 Å². The molecule has 0 aliphatic heterocycles. The van der Waals surface area contributed by atoms with Crippen molar-refractivity contribution in [3.8, 4) is 22.9 Å². The Morgan fingerprint density at radius 3 is 2.48 bits per heavy atom. The van der Waals surface area contributed by atoms with E-state index in [0.717, 1.165) is 17.1 Å². The lowest BCUT2D eigenvalue weighted by atomic mass is 10.2. The maximum absolute atomic E-state index is 5.36. The number of hydrogen-bond donors (Lipinski definition) is 0. The lowest BCUT2D eigenvalue weighted by Crippen LogP contribution is -1.97. The van der Waals surface area contributed by atoms with E-state index in [2.05, 4.69) is 15.1 Å². The van der Waals surface area contributed by atoms with Gasteiger partial charge in [-0.3, -0.25) is 0 Å². The van der Waals surface area contributed by atoms with Gasteiger partial charge in [0.1, 0.15) is 5.82 Å². The third kappa shape index (κ3) is 3.15. The number of fused-ring (bicyclic) bond motifs is 1. The second kappa shape index (κ2) is 6.95. The normalized spacial score (nSPS) is 11.4. The lowest BCUT2D eigenvalue weighted by Gasteiger charge is -2.04. The highest BCUT2D eigenvalue weighted by molar-refractivity contribution is 5.68. The van der Waals surface area contributed by atoms with Gasteiger partial charge in [0.15, 0.2) is 11.6 Å². The van der Waals surface area contributed by atoms with E-state index in [1.54, 1.807) is 30.9 Å². The van der Waals surface area contributed by atoms with Crippen LogP contribution in [0, 0.1) is 0 Å². The minimum absolute atomic E-state index is 0.544. The SMILES string of the molecule is COc1ccc(OC)n2nc(/C=C/c3nc(-c4ccccc4)cn3C)nc12. The van der Waals surface area contributed by atoms with Crippen molar-refractivity contribution in [2.45, 2.75) is 0 Å². The predicted molar refractivity (Wildman–Crippen MR) is 104 cm³/mol. The molecule has 27 heavy (non-hydrogen) atoms. The van der Waals surface area contributed by atoms with E-state index >= 15 is 0 Å². The van der Waals surface area contributed by atoms with E-state index in [0.29, 0.717) is 23.1 Å². The fraction of sp³-hybridized carbons (Fsp3) is 0.150. The molecule has 0 saturated carbocycles. The molecule has 4 rings (SSSR count). The molecule has 0 bridgehead atoms. The summed E-state index contributed by atoms with van der Waals surface area (Å²) in [4.78, 5) is 9.21. The Bertz CT molecular complexity index is 1070. The molecule has 0 aliphatic carbocycles. The highest BCUT2D eigenvalue weighted by atomic mass is 16.5. The molecule has 0 saturated heterocycles. The summed E-state index contributed by atoms with van der Waals surface area (Å²) < 4.78 is 14.3. The minimum Gasteiger partial charge on any atom is -0.493 e. The number of hydrogen-bond acceptors (Lipinski definition) is 5. The lowest BCUT2D eigenvalue weighted by molar-refractivity contribution is 0.379. The summed E-state index contributed by atoms with van der Waals surface area (Å²) in [5.41, 5.74) is 2.60. The van der Waals surface area contributed by atoms with Crippen molar-refractivity contribution in [1.29, 1.82) is 0 Å². The van der Waals surface area contributed by atoms with Crippen molar-refractivity contribution < 1.29 is 9.47 Å². The largest absolute Gasteiger partial charge is 0.493 e. The second-order valence-corrected chi connectivity index (χ2v) is 5.94. The van der Waals surface area contributed by atoms with E-state index < -0.39 is 0 Å². The van der Waals surface area contributed by atoms with E-state index in [-0.39, 0.29) is 0 Å². The van der Waals surface area contributed by atoms with Crippen LogP contribution >= 0.6 is 0 Å². The summed E-state index contributed by atoms with van der Waals surface area (Å²) in [6, 6.07) is 13.7. The van der Waals surface area contributed by atoms with Crippen LogP contribution in [0.4, 0.5) is 0 Å². The molecule has 7 heteroatoms. The number of benzene rings is 1. The van der Waals surface area contributed by atoms with Gasteiger partial charge >= 0.3 is 0 Å². The third-order valence-corrected chi connectivity index (χ3v) is 4.22. The molecule has 0 spiro atoms. The van der Waals surface area contributed by atoms with Crippen molar-refractivity contribution in [2.24, 2.45) is 7.05 Å². The van der Waals surface area contributed by atoms with Crippen LogP contribution in [0.3, 0.4) is 0 Å². The van der Waals surface area contributed by atoms with E-state index in [1.807, 2.05) is 60.3 Å². The van der Waals surface area contributed by atoms with Crippen LogP contribution in [0.1, 0.15) is 11.6 Å². The van der Waals surface area contributed by atoms with E-state index in [4.69, 9.17) is 9.47 Å².